The van der Waals surface area contributed by atoms with E-state index in [-0.39, 0.29) is 0 Å². The average molecular weight is 352 g/mol. The van der Waals surface area contributed by atoms with Gasteiger partial charge in [0.2, 0.25) is 0 Å². The maximum absolute atomic E-state index is 5.89. The summed E-state index contributed by atoms with van der Waals surface area (Å²) in [4.78, 5) is 0. The van der Waals surface area contributed by atoms with Crippen molar-refractivity contribution in [1.29, 1.82) is 0 Å². The second-order valence-corrected chi connectivity index (χ2v) is 7.75. The highest BCUT2D eigenvalue weighted by Crippen LogP contribution is 2.27. The zero-order valence-electron chi connectivity index (χ0n) is 16.1. The van der Waals surface area contributed by atoms with Crippen LogP contribution in [-0.2, 0) is 12.8 Å². The number of benzene rings is 2. The molecule has 0 bridgehead atoms. The highest BCUT2D eigenvalue weighted by molar-refractivity contribution is 5.27. The van der Waals surface area contributed by atoms with Crippen molar-refractivity contribution >= 4 is 0 Å². The molecule has 26 heavy (non-hydrogen) atoms. The molecule has 2 aromatic rings. The van der Waals surface area contributed by atoms with Gasteiger partial charge in [0.15, 0.2) is 0 Å². The van der Waals surface area contributed by atoms with Crippen LogP contribution >= 0.6 is 0 Å². The van der Waals surface area contributed by atoms with Gasteiger partial charge in [0.1, 0.15) is 12.4 Å². The molecule has 1 aliphatic rings. The van der Waals surface area contributed by atoms with Crippen molar-refractivity contribution in [3.63, 3.8) is 0 Å². The molecule has 1 saturated carbocycles. The van der Waals surface area contributed by atoms with Gasteiger partial charge in [-0.3, -0.25) is 0 Å². The van der Waals surface area contributed by atoms with E-state index in [1.165, 1.54) is 49.7 Å². The van der Waals surface area contributed by atoms with E-state index in [2.05, 4.69) is 66.8 Å². The maximum Gasteiger partial charge on any atom is 0.119 e. The molecule has 0 radical (unpaired) electrons. The summed E-state index contributed by atoms with van der Waals surface area (Å²) in [5.41, 5.74) is 2.83. The van der Waals surface area contributed by atoms with Gasteiger partial charge in [-0.05, 0) is 48.9 Å². The van der Waals surface area contributed by atoms with Gasteiger partial charge in [0, 0.05) is 12.6 Å². The van der Waals surface area contributed by atoms with E-state index >= 15 is 0 Å². The standard InChI is InChI=1S/C24H33NO/c1-20(18-21-8-4-2-5-9-21)25-16-17-26-24-14-12-23(13-15-24)19-22-10-6-3-7-11-22/h2,4-5,8-9,12-15,20,22,25H,3,6-7,10-11,16-19H2,1H3. The Morgan fingerprint density at radius 2 is 1.65 bits per heavy atom. The lowest BCUT2D eigenvalue weighted by atomic mass is 9.85. The lowest BCUT2D eigenvalue weighted by molar-refractivity contribution is 0.306. The largest absolute Gasteiger partial charge is 0.492 e. The highest BCUT2D eigenvalue weighted by Gasteiger charge is 2.13. The predicted molar refractivity (Wildman–Crippen MR) is 110 cm³/mol. The summed E-state index contributed by atoms with van der Waals surface area (Å²) in [5, 5.41) is 3.54. The molecule has 1 aliphatic carbocycles. The summed E-state index contributed by atoms with van der Waals surface area (Å²) in [6.07, 6.45) is 9.37. The highest BCUT2D eigenvalue weighted by atomic mass is 16.5. The normalized spacial score (nSPS) is 16.3. The van der Waals surface area contributed by atoms with Gasteiger partial charge in [-0.2, -0.15) is 0 Å². The van der Waals surface area contributed by atoms with Gasteiger partial charge < -0.3 is 10.1 Å². The third-order valence-corrected chi connectivity index (χ3v) is 5.42. The van der Waals surface area contributed by atoms with Crippen LogP contribution in [0.3, 0.4) is 0 Å². The molecule has 1 fully saturated rings. The molecule has 1 N–H and O–H groups in total. The average Bonchev–Trinajstić information content (AvgIpc) is 2.68. The molecule has 1 atom stereocenters. The monoisotopic (exact) mass is 351 g/mol. The molecule has 2 aromatic carbocycles. The Bertz CT molecular complexity index is 616. The number of hydrogen-bond donors (Lipinski definition) is 1. The van der Waals surface area contributed by atoms with Crippen molar-refractivity contribution in [2.75, 3.05) is 13.2 Å². The van der Waals surface area contributed by atoms with Crippen molar-refractivity contribution in [3.8, 4) is 5.75 Å². The van der Waals surface area contributed by atoms with Crippen LogP contribution in [0.1, 0.15) is 50.2 Å². The van der Waals surface area contributed by atoms with Crippen LogP contribution in [0.15, 0.2) is 54.6 Å². The number of ether oxygens (including phenoxy) is 1. The Labute approximate surface area is 159 Å². The Morgan fingerprint density at radius 3 is 2.38 bits per heavy atom. The summed E-state index contributed by atoms with van der Waals surface area (Å²) >= 11 is 0. The lowest BCUT2D eigenvalue weighted by Gasteiger charge is -2.21. The Morgan fingerprint density at radius 1 is 0.923 bits per heavy atom. The minimum Gasteiger partial charge on any atom is -0.492 e. The molecule has 3 rings (SSSR count). The Kier molecular flexibility index (Phi) is 7.57. The first-order valence-electron chi connectivity index (χ1n) is 10.3. The fraction of sp³-hybridized carbons (Fsp3) is 0.500. The van der Waals surface area contributed by atoms with Crippen LogP contribution in [0, 0.1) is 5.92 Å². The molecule has 0 saturated heterocycles. The van der Waals surface area contributed by atoms with E-state index in [9.17, 15) is 0 Å². The van der Waals surface area contributed by atoms with Crippen molar-refractivity contribution < 1.29 is 4.74 Å². The molecule has 2 heteroatoms. The zero-order valence-corrected chi connectivity index (χ0v) is 16.1. The molecule has 140 valence electrons. The molecule has 2 nitrogen and oxygen atoms in total. The topological polar surface area (TPSA) is 21.3 Å². The second kappa shape index (κ2) is 10.4. The van der Waals surface area contributed by atoms with E-state index < -0.39 is 0 Å². The van der Waals surface area contributed by atoms with Crippen molar-refractivity contribution in [3.05, 3.63) is 65.7 Å². The molecule has 1 unspecified atom stereocenters. The van der Waals surface area contributed by atoms with Crippen LogP contribution in [0.25, 0.3) is 0 Å². The first kappa shape index (κ1) is 19.0. The number of nitrogens with one attached hydrogen (secondary N) is 1. The Hall–Kier alpha value is -1.80. The molecular formula is C24H33NO. The van der Waals surface area contributed by atoms with Crippen LogP contribution in [0.2, 0.25) is 0 Å². The molecule has 0 aromatic heterocycles. The molecule has 0 spiro atoms. The third-order valence-electron chi connectivity index (χ3n) is 5.42. The summed E-state index contributed by atoms with van der Waals surface area (Å²) < 4.78 is 5.89. The van der Waals surface area contributed by atoms with Crippen molar-refractivity contribution in [2.24, 2.45) is 5.92 Å². The minimum atomic E-state index is 0.457. The zero-order chi connectivity index (χ0) is 18.0. The van der Waals surface area contributed by atoms with Crippen LogP contribution in [0.5, 0.6) is 5.75 Å². The van der Waals surface area contributed by atoms with Crippen molar-refractivity contribution in [1.82, 2.24) is 5.32 Å². The summed E-state index contributed by atoms with van der Waals surface area (Å²) in [5.74, 6) is 1.88. The summed E-state index contributed by atoms with van der Waals surface area (Å²) in [6, 6.07) is 19.8. The van der Waals surface area contributed by atoms with E-state index in [0.29, 0.717) is 12.6 Å². The predicted octanol–water partition coefficient (Wildman–Crippen LogP) is 5.41. The molecule has 0 amide bonds. The van der Waals surface area contributed by atoms with E-state index in [0.717, 1.165) is 24.6 Å². The SMILES string of the molecule is CC(Cc1ccccc1)NCCOc1ccc(CC2CCCCC2)cc1. The van der Waals surface area contributed by atoms with Crippen LogP contribution in [-0.4, -0.2) is 19.2 Å². The van der Waals surface area contributed by atoms with Crippen molar-refractivity contribution in [2.45, 2.75) is 57.9 Å². The van der Waals surface area contributed by atoms with E-state index in [1.54, 1.807) is 0 Å². The van der Waals surface area contributed by atoms with Gasteiger partial charge in [-0.25, -0.2) is 0 Å². The third kappa shape index (κ3) is 6.49. The first-order chi connectivity index (χ1) is 12.8. The summed E-state index contributed by atoms with van der Waals surface area (Å²) in [6.45, 7) is 3.81. The molecule has 0 heterocycles. The fourth-order valence-corrected chi connectivity index (χ4v) is 3.96. The van der Waals surface area contributed by atoms with Gasteiger partial charge in [-0.15, -0.1) is 0 Å². The van der Waals surface area contributed by atoms with Gasteiger partial charge in [0.05, 0.1) is 0 Å². The lowest BCUT2D eigenvalue weighted by Crippen LogP contribution is -2.31. The van der Waals surface area contributed by atoms with Crippen LogP contribution in [0.4, 0.5) is 0 Å². The van der Waals surface area contributed by atoms with E-state index in [4.69, 9.17) is 4.74 Å². The second-order valence-electron chi connectivity index (χ2n) is 7.75. The van der Waals surface area contributed by atoms with Gasteiger partial charge in [0.25, 0.3) is 0 Å². The van der Waals surface area contributed by atoms with Crippen LogP contribution < -0.4 is 10.1 Å². The maximum atomic E-state index is 5.89. The minimum absolute atomic E-state index is 0.457. The number of hydrogen-bond acceptors (Lipinski definition) is 2. The molecular weight excluding hydrogens is 318 g/mol. The number of rotatable bonds is 9. The smallest absolute Gasteiger partial charge is 0.119 e. The quantitative estimate of drug-likeness (QED) is 0.610. The summed E-state index contributed by atoms with van der Waals surface area (Å²) in [7, 11) is 0. The fourth-order valence-electron chi connectivity index (χ4n) is 3.96. The molecule has 0 aliphatic heterocycles. The van der Waals surface area contributed by atoms with E-state index in [1.807, 2.05) is 0 Å². The first-order valence-corrected chi connectivity index (χ1v) is 10.3. The van der Waals surface area contributed by atoms with Gasteiger partial charge in [-0.1, -0.05) is 74.6 Å². The van der Waals surface area contributed by atoms with Gasteiger partial charge >= 0.3 is 0 Å². The Balaban J connectivity index is 1.33.